The number of benzene rings is 2. The number of aryl methyl sites for hydroxylation is 2. The molecule has 204 valence electrons. The van der Waals surface area contributed by atoms with Crippen molar-refractivity contribution in [1.29, 1.82) is 0 Å². The normalized spacial score (nSPS) is 11.3. The average Bonchev–Trinajstić information content (AvgIpc) is 3.35. The molecule has 0 atom stereocenters. The average molecular weight is 537 g/mol. The summed E-state index contributed by atoms with van der Waals surface area (Å²) >= 11 is 0. The van der Waals surface area contributed by atoms with Crippen molar-refractivity contribution in [3.05, 3.63) is 90.0 Å². The van der Waals surface area contributed by atoms with Crippen molar-refractivity contribution in [3.63, 3.8) is 0 Å². The number of hydrogen-bond donors (Lipinski definition) is 3. The molecule has 3 heterocycles. The molecule has 40 heavy (non-hydrogen) atoms. The Morgan fingerprint density at radius 2 is 1.82 bits per heavy atom. The van der Waals surface area contributed by atoms with Crippen molar-refractivity contribution in [2.24, 2.45) is 0 Å². The van der Waals surface area contributed by atoms with Gasteiger partial charge >= 0.3 is 6.09 Å². The number of amides is 1. The molecule has 0 fully saturated rings. The number of carbonyl (C=O) groups is 1. The van der Waals surface area contributed by atoms with Gasteiger partial charge in [0.1, 0.15) is 28.9 Å². The van der Waals surface area contributed by atoms with Gasteiger partial charge < -0.3 is 25.1 Å². The number of pyridine rings is 1. The first kappa shape index (κ1) is 26.7. The van der Waals surface area contributed by atoms with E-state index >= 15 is 0 Å². The first-order chi connectivity index (χ1) is 19.1. The number of fused-ring (bicyclic) bond motifs is 1. The molecule has 0 aliphatic carbocycles. The molecule has 0 bridgehead atoms. The van der Waals surface area contributed by atoms with Crippen LogP contribution in [-0.2, 0) is 11.3 Å². The summed E-state index contributed by atoms with van der Waals surface area (Å²) in [5.74, 6) is 2.11. The number of ether oxygens (including phenoxy) is 2. The molecular formula is C31H32N6O3. The summed E-state index contributed by atoms with van der Waals surface area (Å²) in [6.07, 6.45) is 2.81. The van der Waals surface area contributed by atoms with E-state index in [0.29, 0.717) is 18.1 Å². The van der Waals surface area contributed by atoms with Gasteiger partial charge in [-0.05, 0) is 93.8 Å². The van der Waals surface area contributed by atoms with Crippen molar-refractivity contribution < 1.29 is 14.3 Å². The predicted molar refractivity (Wildman–Crippen MR) is 156 cm³/mol. The minimum Gasteiger partial charge on any atom is -0.455 e. The van der Waals surface area contributed by atoms with E-state index in [2.05, 4.69) is 30.6 Å². The van der Waals surface area contributed by atoms with Gasteiger partial charge in [-0.15, -0.1) is 0 Å². The highest BCUT2D eigenvalue weighted by atomic mass is 16.6. The summed E-state index contributed by atoms with van der Waals surface area (Å²) < 4.78 is 11.3. The van der Waals surface area contributed by atoms with Gasteiger partial charge in [0.2, 0.25) is 0 Å². The van der Waals surface area contributed by atoms with E-state index in [-0.39, 0.29) is 0 Å². The Balaban J connectivity index is 1.32. The van der Waals surface area contributed by atoms with E-state index in [0.717, 1.165) is 50.5 Å². The number of aromatic nitrogens is 4. The number of nitrogens with zero attached hydrogens (tertiary/aromatic N) is 3. The van der Waals surface area contributed by atoms with E-state index in [1.54, 1.807) is 6.20 Å². The molecule has 0 saturated carbocycles. The van der Waals surface area contributed by atoms with Gasteiger partial charge in [-0.25, -0.2) is 14.8 Å². The third kappa shape index (κ3) is 6.55. The second kappa shape index (κ2) is 11.1. The number of H-pyrrole nitrogens is 1. The maximum absolute atomic E-state index is 12.1. The maximum Gasteiger partial charge on any atom is 0.407 e. The van der Waals surface area contributed by atoms with Crippen molar-refractivity contribution in [3.8, 4) is 22.8 Å². The Morgan fingerprint density at radius 1 is 0.975 bits per heavy atom. The van der Waals surface area contributed by atoms with Crippen LogP contribution in [0.5, 0.6) is 11.5 Å². The largest absolute Gasteiger partial charge is 0.455 e. The van der Waals surface area contributed by atoms with Crippen LogP contribution in [0.1, 0.15) is 37.6 Å². The topological polar surface area (TPSA) is 114 Å². The Kier molecular flexibility index (Phi) is 7.37. The van der Waals surface area contributed by atoms with Crippen LogP contribution in [0.3, 0.4) is 0 Å². The van der Waals surface area contributed by atoms with Crippen molar-refractivity contribution >= 4 is 28.6 Å². The van der Waals surface area contributed by atoms with Crippen LogP contribution >= 0.6 is 0 Å². The summed E-state index contributed by atoms with van der Waals surface area (Å²) in [5.41, 5.74) is 6.63. The fourth-order valence-electron chi connectivity index (χ4n) is 4.15. The van der Waals surface area contributed by atoms with Gasteiger partial charge in [-0.2, -0.15) is 0 Å². The number of rotatable bonds is 7. The maximum atomic E-state index is 12.1. The number of hydrogen-bond acceptors (Lipinski definition) is 7. The number of anilines is 2. The van der Waals surface area contributed by atoms with Crippen LogP contribution in [0.25, 0.3) is 22.3 Å². The minimum absolute atomic E-state index is 0.356. The quantitative estimate of drug-likeness (QED) is 0.202. The molecule has 0 spiro atoms. The molecule has 2 aromatic carbocycles. The number of alkyl carbamates (subject to hydrolysis) is 1. The lowest BCUT2D eigenvalue weighted by Gasteiger charge is -2.19. The number of aromatic amines is 1. The van der Waals surface area contributed by atoms with Crippen LogP contribution in [0.4, 0.5) is 16.3 Å². The molecule has 0 radical (unpaired) electrons. The summed E-state index contributed by atoms with van der Waals surface area (Å²) in [7, 11) is 0. The number of nitrogens with one attached hydrogen (secondary N) is 3. The standard InChI is InChI=1S/C31H32N6O3/c1-19-13-23(10-12-27(19)39-24-11-9-20(2)32-17-24)36-29-28-26(34-18-35-29)15-25(37-28)22-8-6-7-21(14-22)16-33-30(38)40-31(3,4)5/h6-15,17-18,37H,16H2,1-5H3,(H,33,38)(H,34,35,36). The Bertz CT molecular complexity index is 1650. The van der Waals surface area contributed by atoms with Crippen LogP contribution < -0.4 is 15.4 Å². The molecule has 9 nitrogen and oxygen atoms in total. The highest BCUT2D eigenvalue weighted by Gasteiger charge is 2.16. The third-order valence-electron chi connectivity index (χ3n) is 6.04. The zero-order valence-electron chi connectivity index (χ0n) is 23.2. The molecule has 5 rings (SSSR count). The smallest absolute Gasteiger partial charge is 0.407 e. The molecule has 5 aromatic rings. The van der Waals surface area contributed by atoms with E-state index < -0.39 is 11.7 Å². The molecule has 1 amide bonds. The lowest BCUT2D eigenvalue weighted by molar-refractivity contribution is 0.0523. The molecule has 3 aromatic heterocycles. The molecule has 0 aliphatic rings. The SMILES string of the molecule is Cc1ccc(Oc2ccc(Nc3ncnc4cc(-c5cccc(CNC(=O)OC(C)(C)C)c5)[nH]c34)cc2C)cn1. The van der Waals surface area contributed by atoms with E-state index in [1.807, 2.05) is 95.3 Å². The highest BCUT2D eigenvalue weighted by Crippen LogP contribution is 2.31. The predicted octanol–water partition coefficient (Wildman–Crippen LogP) is 7.20. The second-order valence-electron chi connectivity index (χ2n) is 10.6. The first-order valence-electron chi connectivity index (χ1n) is 13.0. The van der Waals surface area contributed by atoms with Gasteiger partial charge in [0, 0.05) is 23.6 Å². The van der Waals surface area contributed by atoms with Crippen LogP contribution in [0.2, 0.25) is 0 Å². The molecule has 0 saturated heterocycles. The molecule has 3 N–H and O–H groups in total. The first-order valence-corrected chi connectivity index (χ1v) is 13.0. The Morgan fingerprint density at radius 3 is 2.58 bits per heavy atom. The van der Waals surface area contributed by atoms with Gasteiger partial charge in [0.15, 0.2) is 5.82 Å². The van der Waals surface area contributed by atoms with Gasteiger partial charge in [0.05, 0.1) is 11.7 Å². The Labute approximate surface area is 233 Å². The van der Waals surface area contributed by atoms with Crippen LogP contribution in [-0.4, -0.2) is 31.6 Å². The fraction of sp³-hybridized carbons (Fsp3) is 0.226. The van der Waals surface area contributed by atoms with Gasteiger partial charge in [-0.1, -0.05) is 18.2 Å². The molecular weight excluding hydrogens is 504 g/mol. The fourth-order valence-corrected chi connectivity index (χ4v) is 4.15. The summed E-state index contributed by atoms with van der Waals surface area (Å²) in [6.45, 7) is 9.81. The molecule has 9 heteroatoms. The summed E-state index contributed by atoms with van der Waals surface area (Å²) in [4.78, 5) is 28.7. The van der Waals surface area contributed by atoms with Crippen molar-refractivity contribution in [2.45, 2.75) is 46.8 Å². The van der Waals surface area contributed by atoms with Crippen LogP contribution in [0.15, 0.2) is 73.2 Å². The van der Waals surface area contributed by atoms with Gasteiger partial charge in [0.25, 0.3) is 0 Å². The van der Waals surface area contributed by atoms with Crippen LogP contribution in [0, 0.1) is 13.8 Å². The second-order valence-corrected chi connectivity index (χ2v) is 10.6. The van der Waals surface area contributed by atoms with E-state index in [1.165, 1.54) is 6.33 Å². The van der Waals surface area contributed by atoms with Crippen molar-refractivity contribution in [2.75, 3.05) is 5.32 Å². The highest BCUT2D eigenvalue weighted by molar-refractivity contribution is 5.91. The zero-order valence-corrected chi connectivity index (χ0v) is 23.2. The third-order valence-corrected chi connectivity index (χ3v) is 6.04. The number of carbonyl (C=O) groups excluding carboxylic acids is 1. The lowest BCUT2D eigenvalue weighted by atomic mass is 10.1. The minimum atomic E-state index is -0.545. The lowest BCUT2D eigenvalue weighted by Crippen LogP contribution is -2.32. The van der Waals surface area contributed by atoms with E-state index in [9.17, 15) is 4.79 Å². The molecule has 0 aliphatic heterocycles. The van der Waals surface area contributed by atoms with Crippen molar-refractivity contribution in [1.82, 2.24) is 25.3 Å². The molecule has 0 unspecified atom stereocenters. The Hall–Kier alpha value is -4.92. The van der Waals surface area contributed by atoms with Gasteiger partial charge in [-0.3, -0.25) is 4.98 Å². The summed E-state index contributed by atoms with van der Waals surface area (Å²) in [6, 6.07) is 19.6. The monoisotopic (exact) mass is 536 g/mol. The van der Waals surface area contributed by atoms with E-state index in [4.69, 9.17) is 9.47 Å². The zero-order chi connectivity index (χ0) is 28.3. The summed E-state index contributed by atoms with van der Waals surface area (Å²) in [5, 5.41) is 6.21.